The van der Waals surface area contributed by atoms with Gasteiger partial charge in [0.15, 0.2) is 11.3 Å². The van der Waals surface area contributed by atoms with Gasteiger partial charge >= 0.3 is 0 Å². The van der Waals surface area contributed by atoms with E-state index in [4.69, 9.17) is 5.73 Å². The first-order valence-corrected chi connectivity index (χ1v) is 9.35. The second-order valence-corrected chi connectivity index (χ2v) is 7.11. The number of aromatic nitrogens is 3. The lowest BCUT2D eigenvalue weighted by atomic mass is 10.0. The van der Waals surface area contributed by atoms with Gasteiger partial charge < -0.3 is 10.6 Å². The van der Waals surface area contributed by atoms with Gasteiger partial charge in [0.05, 0.1) is 6.04 Å². The highest BCUT2D eigenvalue weighted by atomic mass is 19.1. The molecule has 0 aliphatic heterocycles. The molecule has 2 amide bonds. The molecule has 29 heavy (non-hydrogen) atoms. The summed E-state index contributed by atoms with van der Waals surface area (Å²) in [6, 6.07) is 6.08. The number of halogens is 1. The lowest BCUT2D eigenvalue weighted by molar-refractivity contribution is -0.131. The van der Waals surface area contributed by atoms with E-state index in [1.165, 1.54) is 12.4 Å². The number of rotatable bonds is 6. The maximum Gasteiger partial charge on any atom is 0.271 e. The Morgan fingerprint density at radius 1 is 1.28 bits per heavy atom. The van der Waals surface area contributed by atoms with E-state index < -0.39 is 5.91 Å². The van der Waals surface area contributed by atoms with E-state index >= 15 is 0 Å². The average molecular weight is 397 g/mol. The van der Waals surface area contributed by atoms with Gasteiger partial charge in [-0.1, -0.05) is 18.2 Å². The van der Waals surface area contributed by atoms with Gasteiger partial charge in [0.25, 0.3) is 5.91 Å². The zero-order valence-corrected chi connectivity index (χ0v) is 16.9. The molecule has 2 heterocycles. The van der Waals surface area contributed by atoms with Crippen molar-refractivity contribution in [3.63, 3.8) is 0 Å². The predicted octanol–water partition coefficient (Wildman–Crippen LogP) is 2.74. The van der Waals surface area contributed by atoms with Crippen LogP contribution in [0, 0.1) is 19.7 Å². The highest BCUT2D eigenvalue weighted by molar-refractivity contribution is 5.96. The third kappa shape index (κ3) is 3.83. The molecule has 1 atom stereocenters. The van der Waals surface area contributed by atoms with E-state index in [1.54, 1.807) is 41.5 Å². The van der Waals surface area contributed by atoms with Crippen molar-refractivity contribution in [1.82, 2.24) is 19.3 Å². The summed E-state index contributed by atoms with van der Waals surface area (Å²) in [5, 5.41) is 0. The molecule has 8 heteroatoms. The number of carbonyl (C=O) groups excluding carboxylic acids is 2. The van der Waals surface area contributed by atoms with Crippen molar-refractivity contribution in [3.05, 3.63) is 64.6 Å². The van der Waals surface area contributed by atoms with Gasteiger partial charge in [0.2, 0.25) is 5.91 Å². The summed E-state index contributed by atoms with van der Waals surface area (Å²) in [6.45, 7) is 5.52. The van der Waals surface area contributed by atoms with Gasteiger partial charge in [-0.3, -0.25) is 14.0 Å². The van der Waals surface area contributed by atoms with Crippen LogP contribution in [-0.4, -0.2) is 38.1 Å². The number of hydrogen-bond donors (Lipinski definition) is 1. The minimum Gasteiger partial charge on any atom is -0.364 e. The van der Waals surface area contributed by atoms with Crippen LogP contribution in [0.4, 0.5) is 4.39 Å². The number of carbonyl (C=O) groups is 2. The molecule has 2 N–H and O–H groups in total. The molecule has 0 saturated heterocycles. The number of nitrogens with two attached hydrogens (primary N) is 1. The summed E-state index contributed by atoms with van der Waals surface area (Å²) >= 11 is 0. The molecule has 0 aliphatic rings. The van der Waals surface area contributed by atoms with Crippen LogP contribution in [0.1, 0.15) is 52.4 Å². The van der Waals surface area contributed by atoms with Crippen LogP contribution in [0.15, 0.2) is 30.6 Å². The standard InChI is InChI=1S/C21H24FN5O2/c1-12-15(14(3)27-11-24-19(20(23)29)21(27)25-12)9-10-18(28)26(4)13(2)16-7-5-6-8-17(16)22/h5-8,11,13H,9-10H2,1-4H3,(H2,23,29)/t13-/m1/s1. The molecule has 0 unspecified atom stereocenters. The Labute approximate surface area is 168 Å². The third-order valence-corrected chi connectivity index (χ3v) is 5.40. The summed E-state index contributed by atoms with van der Waals surface area (Å²) in [5.41, 5.74) is 8.84. The highest BCUT2D eigenvalue weighted by Crippen LogP contribution is 2.23. The number of primary amides is 1. The van der Waals surface area contributed by atoms with Crippen molar-refractivity contribution in [2.24, 2.45) is 5.73 Å². The van der Waals surface area contributed by atoms with Gasteiger partial charge in [-0.25, -0.2) is 14.4 Å². The number of aryl methyl sites for hydroxylation is 2. The van der Waals surface area contributed by atoms with Crippen molar-refractivity contribution in [2.45, 2.75) is 39.7 Å². The normalized spacial score (nSPS) is 12.2. The lowest BCUT2D eigenvalue weighted by Crippen LogP contribution is -2.30. The summed E-state index contributed by atoms with van der Waals surface area (Å²) < 4.78 is 15.7. The number of hydrogen-bond acceptors (Lipinski definition) is 4. The number of amides is 2. The van der Waals surface area contributed by atoms with Crippen LogP contribution in [0.25, 0.3) is 5.65 Å². The first-order valence-electron chi connectivity index (χ1n) is 9.35. The Kier molecular flexibility index (Phi) is 5.63. The third-order valence-electron chi connectivity index (χ3n) is 5.40. The van der Waals surface area contributed by atoms with Gasteiger partial charge in [-0.2, -0.15) is 0 Å². The van der Waals surface area contributed by atoms with E-state index in [0.29, 0.717) is 17.6 Å². The fraction of sp³-hybridized carbons (Fsp3) is 0.333. The van der Waals surface area contributed by atoms with Crippen LogP contribution < -0.4 is 5.73 Å². The Balaban J connectivity index is 1.79. The van der Waals surface area contributed by atoms with Crippen LogP contribution in [0.5, 0.6) is 0 Å². The fourth-order valence-electron chi connectivity index (χ4n) is 3.51. The Hall–Kier alpha value is -3.29. The maximum absolute atomic E-state index is 14.0. The quantitative estimate of drug-likeness (QED) is 0.692. The van der Waals surface area contributed by atoms with Crippen LogP contribution >= 0.6 is 0 Å². The Bertz CT molecular complexity index is 1090. The second kappa shape index (κ2) is 7.98. The van der Waals surface area contributed by atoms with Crippen molar-refractivity contribution in [1.29, 1.82) is 0 Å². The van der Waals surface area contributed by atoms with Crippen molar-refractivity contribution >= 4 is 17.5 Å². The molecular formula is C21H24FN5O2. The summed E-state index contributed by atoms with van der Waals surface area (Å²) in [4.78, 5) is 34.3. The molecule has 0 spiro atoms. The van der Waals surface area contributed by atoms with E-state index in [9.17, 15) is 14.0 Å². The molecule has 2 aromatic heterocycles. The number of fused-ring (bicyclic) bond motifs is 1. The lowest BCUT2D eigenvalue weighted by Gasteiger charge is -2.26. The zero-order chi connectivity index (χ0) is 21.3. The molecule has 152 valence electrons. The van der Waals surface area contributed by atoms with E-state index in [1.807, 2.05) is 13.8 Å². The minimum absolute atomic E-state index is 0.0943. The van der Waals surface area contributed by atoms with Crippen LogP contribution in [0.2, 0.25) is 0 Å². The predicted molar refractivity (Wildman–Crippen MR) is 107 cm³/mol. The van der Waals surface area contributed by atoms with Gasteiger partial charge in [-0.05, 0) is 38.8 Å². The SMILES string of the molecule is Cc1nc2c(C(N)=O)ncn2c(C)c1CCC(=O)N(C)[C@H](C)c1ccccc1F. The summed E-state index contributed by atoms with van der Waals surface area (Å²) in [6.07, 6.45) is 2.23. The molecule has 0 bridgehead atoms. The van der Waals surface area contributed by atoms with Gasteiger partial charge in [0.1, 0.15) is 12.1 Å². The number of imidazole rings is 1. The molecule has 0 fully saturated rings. The van der Waals surface area contributed by atoms with Gasteiger partial charge in [0, 0.05) is 30.4 Å². The first-order chi connectivity index (χ1) is 13.7. The zero-order valence-electron chi connectivity index (χ0n) is 16.9. The molecule has 3 rings (SSSR count). The maximum atomic E-state index is 14.0. The minimum atomic E-state index is -0.634. The van der Waals surface area contributed by atoms with E-state index in [0.717, 1.165) is 17.0 Å². The molecule has 0 aliphatic carbocycles. The molecule has 7 nitrogen and oxygen atoms in total. The highest BCUT2D eigenvalue weighted by Gasteiger charge is 2.21. The summed E-state index contributed by atoms with van der Waals surface area (Å²) in [5.74, 6) is -1.06. The second-order valence-electron chi connectivity index (χ2n) is 7.11. The molecule has 0 saturated carbocycles. The smallest absolute Gasteiger partial charge is 0.271 e. The fourth-order valence-corrected chi connectivity index (χ4v) is 3.51. The molecule has 0 radical (unpaired) electrons. The van der Waals surface area contributed by atoms with Crippen molar-refractivity contribution < 1.29 is 14.0 Å². The first kappa shape index (κ1) is 20.4. The van der Waals surface area contributed by atoms with Crippen LogP contribution in [-0.2, 0) is 11.2 Å². The largest absolute Gasteiger partial charge is 0.364 e. The topological polar surface area (TPSA) is 93.6 Å². The Morgan fingerprint density at radius 2 is 1.97 bits per heavy atom. The number of benzene rings is 1. The van der Waals surface area contributed by atoms with E-state index in [2.05, 4.69) is 9.97 Å². The van der Waals surface area contributed by atoms with Crippen molar-refractivity contribution in [3.8, 4) is 0 Å². The average Bonchev–Trinajstić information content (AvgIpc) is 3.11. The van der Waals surface area contributed by atoms with Crippen molar-refractivity contribution in [2.75, 3.05) is 7.05 Å². The van der Waals surface area contributed by atoms with Crippen LogP contribution in [0.3, 0.4) is 0 Å². The van der Waals surface area contributed by atoms with Gasteiger partial charge in [-0.15, -0.1) is 0 Å². The molecule has 3 aromatic rings. The Morgan fingerprint density at radius 3 is 2.62 bits per heavy atom. The number of nitrogens with zero attached hydrogens (tertiary/aromatic N) is 4. The molecule has 1 aromatic carbocycles. The molecular weight excluding hydrogens is 373 g/mol. The van der Waals surface area contributed by atoms with E-state index in [-0.39, 0.29) is 29.9 Å². The monoisotopic (exact) mass is 397 g/mol. The summed E-state index contributed by atoms with van der Waals surface area (Å²) in [7, 11) is 1.68.